The zero-order chi connectivity index (χ0) is 27.5. The molecule has 0 aliphatic heterocycles. The van der Waals surface area contributed by atoms with Crippen LogP contribution in [0.2, 0.25) is 0 Å². The molecule has 0 heteroatoms. The fraction of sp³-hybridized carbons (Fsp3) is 1.00. The van der Waals surface area contributed by atoms with Crippen molar-refractivity contribution in [2.24, 2.45) is 260 Å². The van der Waals surface area contributed by atoms with E-state index in [2.05, 4.69) is 0 Å². The summed E-state index contributed by atoms with van der Waals surface area (Å²) in [5.41, 5.74) is 27.2. The van der Waals surface area contributed by atoms with Crippen molar-refractivity contribution in [2.45, 2.75) is 25.7 Å². The van der Waals surface area contributed by atoms with Gasteiger partial charge >= 0.3 is 0 Å². The molecule has 36 aliphatic rings. The van der Waals surface area contributed by atoms with Gasteiger partial charge in [-0.25, -0.2) is 0 Å². The van der Waals surface area contributed by atoms with Crippen LogP contribution in [0.4, 0.5) is 0 Å². The minimum absolute atomic E-state index is 1.11. The van der Waals surface area contributed by atoms with Gasteiger partial charge in [-0.1, -0.05) is 0 Å². The second-order valence-electron chi connectivity index (χ2n) is 32.4. The molecule has 0 bridgehead atoms. The van der Waals surface area contributed by atoms with E-state index >= 15 is 0 Å². The summed E-state index contributed by atoms with van der Waals surface area (Å²) in [6.45, 7) is 0. The topological polar surface area (TPSA) is 0 Å². The first-order valence-corrected chi connectivity index (χ1v) is 24.9. The van der Waals surface area contributed by atoms with Crippen LogP contribution in [-0.2, 0) is 0 Å². The van der Waals surface area contributed by atoms with E-state index in [-0.39, 0.29) is 0 Å². The monoisotopic (exact) mass is 630 g/mol. The van der Waals surface area contributed by atoms with Crippen LogP contribution in [-0.4, -0.2) is 0 Å². The van der Waals surface area contributed by atoms with Crippen molar-refractivity contribution in [3.05, 3.63) is 0 Å². The molecule has 0 aromatic carbocycles. The normalized spacial score (nSPS) is 142. The lowest BCUT2D eigenvalue weighted by molar-refractivity contribution is -1.22. The van der Waals surface area contributed by atoms with E-state index in [0.717, 1.165) is 130 Å². The van der Waals surface area contributed by atoms with Gasteiger partial charge in [-0.15, -0.1) is 0 Å². The summed E-state index contributed by atoms with van der Waals surface area (Å²) in [5.74, 6) is 30.8. The second kappa shape index (κ2) is 2.47. The standard InChI is InChI=1S/C50H30/c1-5-13-6-2-10-16-21-25-26-22-18-12-4-8-14-7-3-11-17-20-24-23-19-15-9(1)27(5)31(13)28(6,10)34(16)38(21)43(25)44(26)40(22)36(18)30(8,12)32(14)29(7,11)35(17)39(20)42(24)41(23)37(19)33(15,27)45(31,34)47(37,38)49(41,43)50(42,44)48(39,40)46(32,35)36/h5-26H,1-4H2. The van der Waals surface area contributed by atoms with Gasteiger partial charge < -0.3 is 0 Å². The highest BCUT2D eigenvalue weighted by Crippen LogP contribution is 3.69. The molecule has 36 fully saturated rings. The summed E-state index contributed by atoms with van der Waals surface area (Å²) in [5, 5.41) is 0. The minimum Gasteiger partial charge on any atom is -0.0458 e. The van der Waals surface area contributed by atoms with Crippen LogP contribution in [0.25, 0.3) is 0 Å². The maximum Gasteiger partial charge on any atom is -0.000715 e. The molecule has 0 aromatic rings. The Morgan fingerprint density at radius 1 is 0.180 bits per heavy atom. The van der Waals surface area contributed by atoms with E-state index in [4.69, 9.17) is 0 Å². The molecule has 0 saturated heterocycles. The Kier molecular flexibility index (Phi) is 0.819. The van der Waals surface area contributed by atoms with Gasteiger partial charge in [0.15, 0.2) is 0 Å². The summed E-state index contributed by atoms with van der Waals surface area (Å²) in [6.07, 6.45) is 7.37. The van der Waals surface area contributed by atoms with Crippen molar-refractivity contribution in [2.75, 3.05) is 0 Å². The Labute approximate surface area is 284 Å². The van der Waals surface area contributed by atoms with Crippen molar-refractivity contribution in [1.29, 1.82) is 0 Å². The van der Waals surface area contributed by atoms with Gasteiger partial charge in [0.2, 0.25) is 0 Å². The van der Waals surface area contributed by atoms with Crippen LogP contribution >= 0.6 is 0 Å². The first-order chi connectivity index (χ1) is 24.9. The number of hydrogen-bond donors (Lipinski definition) is 0. The van der Waals surface area contributed by atoms with E-state index in [0.29, 0.717) is 0 Å². The average molecular weight is 631 g/mol. The molecular formula is C50H30. The Bertz CT molecular complexity index is 2900. The van der Waals surface area contributed by atoms with Crippen LogP contribution in [0.3, 0.4) is 0 Å². The second-order valence-corrected chi connectivity index (χ2v) is 32.4. The highest BCUT2D eigenvalue weighted by molar-refractivity contribution is 6.12. The zero-order valence-corrected chi connectivity index (χ0v) is 27.5. The fourth-order valence-corrected chi connectivity index (χ4v) is 55.5. The molecule has 36 saturated carbocycles. The molecule has 0 nitrogen and oxygen atoms in total. The highest BCUT2D eigenvalue weighted by atomic mass is 15.7. The summed E-state index contributed by atoms with van der Waals surface area (Å²) < 4.78 is 0. The van der Waals surface area contributed by atoms with Crippen molar-refractivity contribution < 1.29 is 0 Å². The molecule has 230 valence electrons. The maximum absolute atomic E-state index is 1.84. The van der Waals surface area contributed by atoms with Crippen LogP contribution in [0.5, 0.6) is 0 Å². The molecule has 36 unspecified atom stereocenters. The lowest BCUT2D eigenvalue weighted by Crippen LogP contribution is -3.65. The van der Waals surface area contributed by atoms with E-state index in [1.165, 1.54) is 130 Å². The number of rotatable bonds is 0. The van der Waals surface area contributed by atoms with Gasteiger partial charge in [-0.3, -0.25) is 0 Å². The summed E-state index contributed by atoms with van der Waals surface area (Å²) >= 11 is 0. The molecule has 36 rings (SSSR count). The molecule has 36 aliphatic carbocycles. The van der Waals surface area contributed by atoms with Crippen LogP contribution < -0.4 is 0 Å². The van der Waals surface area contributed by atoms with Crippen LogP contribution in [0.1, 0.15) is 25.7 Å². The molecule has 0 amide bonds. The van der Waals surface area contributed by atoms with Crippen molar-refractivity contribution in [3.8, 4) is 0 Å². The summed E-state index contributed by atoms with van der Waals surface area (Å²) in [7, 11) is 0. The molecule has 0 aromatic heterocycles. The Morgan fingerprint density at radius 2 is 0.400 bits per heavy atom. The molecule has 50 heavy (non-hydrogen) atoms. The van der Waals surface area contributed by atoms with E-state index < -0.39 is 0 Å². The summed E-state index contributed by atoms with van der Waals surface area (Å²) in [4.78, 5) is 0. The average Bonchev–Trinajstić information content (AvgIpc) is 2.97. The quantitative estimate of drug-likeness (QED) is 0.376. The molecule has 0 heterocycles. The maximum atomic E-state index is 1.84. The van der Waals surface area contributed by atoms with Crippen molar-refractivity contribution in [3.63, 3.8) is 0 Å². The van der Waals surface area contributed by atoms with Crippen LogP contribution in [0, 0.1) is 260 Å². The third kappa shape index (κ3) is 0.347. The Morgan fingerprint density at radius 3 is 0.700 bits per heavy atom. The van der Waals surface area contributed by atoms with Gasteiger partial charge in [0.05, 0.1) is 0 Å². The molecule has 36 atom stereocenters. The van der Waals surface area contributed by atoms with Crippen LogP contribution in [0.15, 0.2) is 0 Å². The Hall–Kier alpha value is 0. The van der Waals surface area contributed by atoms with E-state index in [9.17, 15) is 0 Å². The van der Waals surface area contributed by atoms with Gasteiger partial charge in [-0.2, -0.15) is 0 Å². The van der Waals surface area contributed by atoms with Gasteiger partial charge in [0, 0.05) is 0 Å². The van der Waals surface area contributed by atoms with Gasteiger partial charge in [0.1, 0.15) is 0 Å². The Balaban J connectivity index is 0.835. The third-order valence-corrected chi connectivity index (χ3v) is 43.6. The predicted octanol–water partition coefficient (Wildman–Crippen LogP) is 4.27. The van der Waals surface area contributed by atoms with E-state index in [1.54, 1.807) is 0 Å². The van der Waals surface area contributed by atoms with Crippen molar-refractivity contribution in [1.82, 2.24) is 0 Å². The molecule has 0 N–H and O–H groups in total. The SMILES string of the molecule is C1C2C3C4CC5C6C7C8C9C%10C%11C%12CC%13C%14C%15CC%16C%17C%18C%19C%20C%21C%22C1C21C32C45C63C74C85C96C%107C%118C%13%12C%149C%15%16C%17%10C%18%11C%19%12C%20%13C%21%14C%221C23C%144C%135C%126C%117C9%108. The van der Waals surface area contributed by atoms with E-state index in [1.807, 2.05) is 25.7 Å². The third-order valence-electron chi connectivity index (χ3n) is 43.6. The van der Waals surface area contributed by atoms with Crippen molar-refractivity contribution >= 4 is 0 Å². The minimum atomic E-state index is 1.11. The first kappa shape index (κ1) is 16.6. The predicted molar refractivity (Wildman–Crippen MR) is 154 cm³/mol. The number of fused-ring (bicyclic) bond motifs is 18. The molecule has 24 spiro atoms. The largest absolute Gasteiger partial charge is 0.0458 e. The lowest BCUT2D eigenvalue weighted by Gasteiger charge is -3.66. The lowest BCUT2D eigenvalue weighted by atomic mass is 8.36. The van der Waals surface area contributed by atoms with Gasteiger partial charge in [0.25, 0.3) is 0 Å². The highest BCUT2D eigenvalue weighted by Gasteiger charge is 3.68. The smallest absolute Gasteiger partial charge is 0.000715 e. The molecular weight excluding hydrogens is 601 g/mol. The first-order valence-electron chi connectivity index (χ1n) is 24.9. The molecule has 0 radical (unpaired) electrons. The zero-order valence-electron chi connectivity index (χ0n) is 27.5. The summed E-state index contributed by atoms with van der Waals surface area (Å²) in [6, 6.07) is 0. The van der Waals surface area contributed by atoms with Gasteiger partial charge in [-0.05, 0) is 286 Å². The fourth-order valence-electron chi connectivity index (χ4n) is 55.5. The number of hydrogen-bond acceptors (Lipinski definition) is 0.